The van der Waals surface area contributed by atoms with Gasteiger partial charge < -0.3 is 4.42 Å². The molecule has 6 heteroatoms. The maximum atomic E-state index is 6.99. The van der Waals surface area contributed by atoms with E-state index in [1.807, 2.05) is 35.6 Å². The lowest BCUT2D eigenvalue weighted by Gasteiger charge is -2.10. The number of thiophene rings is 1. The molecule has 0 aliphatic rings. The van der Waals surface area contributed by atoms with Crippen molar-refractivity contribution in [2.75, 3.05) is 0 Å². The van der Waals surface area contributed by atoms with Crippen molar-refractivity contribution in [3.63, 3.8) is 0 Å². The summed E-state index contributed by atoms with van der Waals surface area (Å²) in [5.74, 6) is 0.598. The Hall–Kier alpha value is -4.97. The summed E-state index contributed by atoms with van der Waals surface area (Å²) >= 11 is 8.82. The van der Waals surface area contributed by atoms with Crippen molar-refractivity contribution in [2.45, 2.75) is 0 Å². The number of aromatic nitrogens is 3. The molecule has 42 heavy (non-hydrogen) atoms. The molecule has 0 amide bonds. The van der Waals surface area contributed by atoms with Crippen molar-refractivity contribution in [1.29, 1.82) is 0 Å². The molecule has 0 bridgehead atoms. The van der Waals surface area contributed by atoms with Gasteiger partial charge in [0.25, 0.3) is 0 Å². The van der Waals surface area contributed by atoms with Crippen molar-refractivity contribution in [1.82, 2.24) is 14.5 Å². The van der Waals surface area contributed by atoms with Crippen LogP contribution in [0, 0.1) is 0 Å². The highest BCUT2D eigenvalue weighted by atomic mass is 35.5. The molecular formula is C36H18ClN3OS. The van der Waals surface area contributed by atoms with Crippen molar-refractivity contribution >= 4 is 109 Å². The van der Waals surface area contributed by atoms with Crippen molar-refractivity contribution in [3.8, 4) is 5.82 Å². The molecule has 0 atom stereocenters. The van der Waals surface area contributed by atoms with Gasteiger partial charge in [0.2, 0.25) is 5.71 Å². The summed E-state index contributed by atoms with van der Waals surface area (Å²) in [6.45, 7) is 0. The van der Waals surface area contributed by atoms with Crippen LogP contribution in [0.5, 0.6) is 0 Å². The zero-order valence-corrected chi connectivity index (χ0v) is 23.5. The summed E-state index contributed by atoms with van der Waals surface area (Å²) in [6, 6.07) is 38.4. The van der Waals surface area contributed by atoms with Crippen LogP contribution in [0.1, 0.15) is 0 Å². The molecule has 0 unspecified atom stereocenters. The standard InChI is InChI=1S/C36H18ClN3OS/c37-34-35(38-31-24-14-6-8-16-27(24)41-36(31)39-34)40-26-15-7-5-13-23(26)29-21-11-3-4-12-22(21)30-25-17-19-9-1-2-10-20(19)18-28(25)42-33(30)32(29)40/h1-18H. The molecule has 4 heterocycles. The molecule has 0 aliphatic heterocycles. The summed E-state index contributed by atoms with van der Waals surface area (Å²) in [5.41, 5.74) is 4.02. The summed E-state index contributed by atoms with van der Waals surface area (Å²) < 4.78 is 10.7. The van der Waals surface area contributed by atoms with E-state index in [-0.39, 0.29) is 0 Å². The fourth-order valence-electron chi connectivity index (χ4n) is 6.72. The van der Waals surface area contributed by atoms with Gasteiger partial charge in [-0.3, -0.25) is 4.57 Å². The van der Waals surface area contributed by atoms with Gasteiger partial charge in [-0.1, -0.05) is 90.5 Å². The molecule has 0 aliphatic carbocycles. The van der Waals surface area contributed by atoms with Crippen LogP contribution in [0.25, 0.3) is 91.5 Å². The van der Waals surface area contributed by atoms with Crippen LogP contribution in [0.15, 0.2) is 114 Å². The first-order chi connectivity index (χ1) is 20.7. The molecule has 0 radical (unpaired) electrons. The number of halogens is 1. The number of hydrogen-bond donors (Lipinski definition) is 0. The molecule has 4 aromatic heterocycles. The minimum Gasteiger partial charge on any atom is -0.436 e. The third kappa shape index (κ3) is 2.86. The van der Waals surface area contributed by atoms with Crippen LogP contribution < -0.4 is 0 Å². The van der Waals surface area contributed by atoms with E-state index in [9.17, 15) is 0 Å². The van der Waals surface area contributed by atoms with Crippen LogP contribution in [0.3, 0.4) is 0 Å². The van der Waals surface area contributed by atoms with E-state index in [2.05, 4.69) is 89.5 Å². The minimum atomic E-state index is 0.303. The normalized spacial score (nSPS) is 12.4. The number of benzene rings is 6. The second-order valence-electron chi connectivity index (χ2n) is 10.7. The molecule has 4 nitrogen and oxygen atoms in total. The average molecular weight is 576 g/mol. The third-order valence-corrected chi connectivity index (χ3v) is 9.89. The lowest BCUT2D eigenvalue weighted by Crippen LogP contribution is -2.00. The molecule has 196 valence electrons. The Labute approximate surface area is 247 Å². The quantitative estimate of drug-likeness (QED) is 0.195. The topological polar surface area (TPSA) is 43.9 Å². The second kappa shape index (κ2) is 8.07. The van der Waals surface area contributed by atoms with Gasteiger partial charge in [0, 0.05) is 31.6 Å². The maximum absolute atomic E-state index is 6.99. The van der Waals surface area contributed by atoms with Crippen LogP contribution in [-0.4, -0.2) is 14.5 Å². The van der Waals surface area contributed by atoms with Crippen LogP contribution in [0.2, 0.25) is 5.15 Å². The van der Waals surface area contributed by atoms with E-state index in [0.717, 1.165) is 27.4 Å². The highest BCUT2D eigenvalue weighted by Gasteiger charge is 2.24. The molecule has 10 aromatic rings. The predicted molar refractivity (Wildman–Crippen MR) is 177 cm³/mol. The lowest BCUT2D eigenvalue weighted by molar-refractivity contribution is 0.652. The maximum Gasteiger partial charge on any atom is 0.247 e. The number of fused-ring (bicyclic) bond motifs is 14. The number of para-hydroxylation sites is 2. The fraction of sp³-hybridized carbons (Fsp3) is 0. The number of rotatable bonds is 1. The summed E-state index contributed by atoms with van der Waals surface area (Å²) in [5, 5.41) is 11.0. The zero-order chi connectivity index (χ0) is 27.5. The van der Waals surface area contributed by atoms with Crippen molar-refractivity contribution in [3.05, 3.63) is 114 Å². The molecule has 0 N–H and O–H groups in total. The van der Waals surface area contributed by atoms with Gasteiger partial charge in [0.15, 0.2) is 11.0 Å². The summed E-state index contributed by atoms with van der Waals surface area (Å²) in [7, 11) is 0. The predicted octanol–water partition coefficient (Wildman–Crippen LogP) is 10.8. The number of hydrogen-bond acceptors (Lipinski definition) is 4. The molecule has 10 rings (SSSR count). The van der Waals surface area contributed by atoms with Gasteiger partial charge >= 0.3 is 0 Å². The van der Waals surface area contributed by atoms with Gasteiger partial charge in [0.05, 0.1) is 15.7 Å². The Balaban J connectivity index is 1.47. The van der Waals surface area contributed by atoms with Crippen LogP contribution >= 0.6 is 22.9 Å². The monoisotopic (exact) mass is 575 g/mol. The zero-order valence-electron chi connectivity index (χ0n) is 21.9. The van der Waals surface area contributed by atoms with E-state index in [1.54, 1.807) is 0 Å². The SMILES string of the molecule is Clc1nc2oc3ccccc3c2nc1-n1c2ccccc2c2c3ccccc3c3c4cc5ccccc5cc4sc3c21. The summed E-state index contributed by atoms with van der Waals surface area (Å²) in [6.07, 6.45) is 0. The Morgan fingerprint density at radius 3 is 2.14 bits per heavy atom. The van der Waals surface area contributed by atoms with Gasteiger partial charge in [-0.2, -0.15) is 4.98 Å². The molecule has 0 saturated carbocycles. The van der Waals surface area contributed by atoms with E-state index in [0.29, 0.717) is 22.2 Å². The van der Waals surface area contributed by atoms with Crippen molar-refractivity contribution in [2.24, 2.45) is 0 Å². The Morgan fingerprint density at radius 2 is 1.31 bits per heavy atom. The Kier molecular flexibility index (Phi) is 4.36. The third-order valence-electron chi connectivity index (χ3n) is 8.48. The van der Waals surface area contributed by atoms with E-state index in [4.69, 9.17) is 26.0 Å². The Morgan fingerprint density at radius 1 is 0.643 bits per heavy atom. The average Bonchev–Trinajstić information content (AvgIpc) is 3.69. The highest BCUT2D eigenvalue weighted by Crippen LogP contribution is 2.48. The molecule has 6 aromatic carbocycles. The Bertz CT molecular complexity index is 2770. The van der Waals surface area contributed by atoms with Crippen LogP contribution in [-0.2, 0) is 0 Å². The van der Waals surface area contributed by atoms with Gasteiger partial charge in [-0.25, -0.2) is 4.98 Å². The highest BCUT2D eigenvalue weighted by molar-refractivity contribution is 7.27. The van der Waals surface area contributed by atoms with Gasteiger partial charge in [-0.15, -0.1) is 11.3 Å². The second-order valence-corrected chi connectivity index (χ2v) is 12.1. The molecular weight excluding hydrogens is 558 g/mol. The molecule has 0 saturated heterocycles. The fourth-order valence-corrected chi connectivity index (χ4v) is 8.21. The molecule has 0 fully saturated rings. The largest absolute Gasteiger partial charge is 0.436 e. The molecule has 0 spiro atoms. The van der Waals surface area contributed by atoms with E-state index < -0.39 is 0 Å². The number of nitrogens with zero attached hydrogens (tertiary/aromatic N) is 3. The smallest absolute Gasteiger partial charge is 0.247 e. The van der Waals surface area contributed by atoms with E-state index in [1.165, 1.54) is 47.1 Å². The van der Waals surface area contributed by atoms with Crippen LogP contribution in [0.4, 0.5) is 0 Å². The lowest BCUT2D eigenvalue weighted by atomic mass is 9.98. The van der Waals surface area contributed by atoms with E-state index >= 15 is 0 Å². The first-order valence-corrected chi connectivity index (χ1v) is 15.0. The van der Waals surface area contributed by atoms with Gasteiger partial charge in [0.1, 0.15) is 11.1 Å². The van der Waals surface area contributed by atoms with Crippen molar-refractivity contribution < 1.29 is 4.42 Å². The summed E-state index contributed by atoms with van der Waals surface area (Å²) in [4.78, 5) is 9.89. The first-order valence-electron chi connectivity index (χ1n) is 13.8. The first kappa shape index (κ1) is 22.7. The van der Waals surface area contributed by atoms with Gasteiger partial charge in [-0.05, 0) is 51.9 Å². The number of furan rings is 1. The minimum absolute atomic E-state index is 0.303.